The molecule has 0 aliphatic heterocycles. The Kier molecular flexibility index (Phi) is 22.5. The van der Waals surface area contributed by atoms with Gasteiger partial charge in [0.2, 0.25) is 0 Å². The molecular weight excluding hydrogens is 382 g/mol. The van der Waals surface area contributed by atoms with Crippen LogP contribution in [0.15, 0.2) is 0 Å². The van der Waals surface area contributed by atoms with E-state index in [9.17, 15) is 0 Å². The Bertz CT molecular complexity index is 205. The highest BCUT2D eigenvalue weighted by molar-refractivity contribution is 9.09. The van der Waals surface area contributed by atoms with Crippen molar-refractivity contribution < 1.29 is 16.9 Å². The molecule has 24 heavy (non-hydrogen) atoms. The summed E-state index contributed by atoms with van der Waals surface area (Å²) in [5.74, 6) is 0. The Balaban J connectivity index is 0. The van der Waals surface area contributed by atoms with Gasteiger partial charge in [-0.05, 0) is 38.5 Å². The molecule has 0 atom stereocenters. The summed E-state index contributed by atoms with van der Waals surface area (Å²) in [5, 5.41) is 1.17. The van der Waals surface area contributed by atoms with Crippen molar-refractivity contribution in [1.82, 2.24) is 0 Å². The average Bonchev–Trinajstić information content (AvgIpc) is 2.57. The van der Waals surface area contributed by atoms with E-state index in [0.717, 1.165) is 0 Å². The zero-order valence-corrected chi connectivity index (χ0v) is 19.3. The minimum Gasteiger partial charge on any atom is -1.00 e. The van der Waals surface area contributed by atoms with Gasteiger partial charge >= 0.3 is 0 Å². The molecule has 0 rings (SSSR count). The van der Waals surface area contributed by atoms with Crippen LogP contribution in [0.1, 0.15) is 104 Å². The summed E-state index contributed by atoms with van der Waals surface area (Å²) in [6, 6.07) is 0. The molecule has 0 fully saturated rings. The van der Waals surface area contributed by atoms with Gasteiger partial charge in [-0.15, -0.1) is 0 Å². The van der Waals surface area contributed by atoms with Gasteiger partial charge < -0.3 is 16.9 Å². The van der Waals surface area contributed by atoms with Crippen LogP contribution < -0.4 is 12.4 Å². The normalized spacial score (nSPS) is 11.5. The molecule has 0 radical (unpaired) electrons. The highest BCUT2D eigenvalue weighted by atomic mass is 79.9. The third-order valence-corrected chi connectivity index (χ3v) is 5.78. The molecule has 1 nitrogen and oxygen atoms in total. The minimum absolute atomic E-state index is 0. The number of rotatable bonds is 18. The number of quaternary nitrogens is 1. The maximum atomic E-state index is 3.67. The van der Waals surface area contributed by atoms with Gasteiger partial charge in [0, 0.05) is 11.8 Å². The summed E-state index contributed by atoms with van der Waals surface area (Å²) in [5.41, 5.74) is 0. The lowest BCUT2D eigenvalue weighted by Crippen LogP contribution is -3.00. The van der Waals surface area contributed by atoms with Crippen molar-refractivity contribution in [2.24, 2.45) is 0 Å². The van der Waals surface area contributed by atoms with Gasteiger partial charge in [-0.25, -0.2) is 0 Å². The molecule has 0 saturated heterocycles. The summed E-state index contributed by atoms with van der Waals surface area (Å²) in [4.78, 5) is 0. The van der Waals surface area contributed by atoms with Crippen molar-refractivity contribution in [3.63, 3.8) is 0 Å². The van der Waals surface area contributed by atoms with Gasteiger partial charge in [0.1, 0.15) is 0 Å². The molecule has 0 saturated carbocycles. The van der Waals surface area contributed by atoms with E-state index in [2.05, 4.69) is 36.7 Å². The smallest absolute Gasteiger partial charge is 0.0794 e. The zero-order chi connectivity index (χ0) is 17.2. The standard InChI is InChI=1S/C21H45BrN.ClH/c1-4-7-10-13-18-23(21-16-17-22,19-14-11-8-5-2)20-15-12-9-6-3;/h4-21H2,1-3H3;1H/q+1;/p-1. The Morgan fingerprint density at radius 1 is 0.500 bits per heavy atom. The monoisotopic (exact) mass is 425 g/mol. The summed E-state index contributed by atoms with van der Waals surface area (Å²) < 4.78 is 1.42. The fourth-order valence-electron chi connectivity index (χ4n) is 3.69. The minimum atomic E-state index is 0. The van der Waals surface area contributed by atoms with E-state index in [0.29, 0.717) is 0 Å². The van der Waals surface area contributed by atoms with Gasteiger partial charge in [-0.1, -0.05) is 75.2 Å². The average molecular weight is 427 g/mol. The Morgan fingerprint density at radius 3 is 1.12 bits per heavy atom. The van der Waals surface area contributed by atoms with Crippen LogP contribution in [0.3, 0.4) is 0 Å². The topological polar surface area (TPSA) is 0 Å². The van der Waals surface area contributed by atoms with Crippen LogP contribution in [0.25, 0.3) is 0 Å². The lowest BCUT2D eigenvalue weighted by molar-refractivity contribution is -0.928. The van der Waals surface area contributed by atoms with E-state index in [1.165, 1.54) is 119 Å². The summed E-state index contributed by atoms with van der Waals surface area (Å²) in [6.07, 6.45) is 18.3. The number of nitrogens with zero attached hydrogens (tertiary/aromatic N) is 1. The number of hydrogen-bond donors (Lipinski definition) is 0. The summed E-state index contributed by atoms with van der Waals surface area (Å²) >= 11 is 3.67. The quantitative estimate of drug-likeness (QED) is 0.174. The Labute approximate surface area is 168 Å². The molecule has 0 aromatic carbocycles. The first-order valence-electron chi connectivity index (χ1n) is 10.7. The highest BCUT2D eigenvalue weighted by Gasteiger charge is 2.25. The van der Waals surface area contributed by atoms with E-state index in [4.69, 9.17) is 0 Å². The largest absolute Gasteiger partial charge is 1.00 e. The lowest BCUT2D eigenvalue weighted by Gasteiger charge is -2.39. The predicted octanol–water partition coefficient (Wildman–Crippen LogP) is 4.33. The molecule has 0 heterocycles. The third-order valence-electron chi connectivity index (χ3n) is 5.22. The second-order valence-electron chi connectivity index (χ2n) is 7.46. The molecule has 0 aliphatic carbocycles. The fourth-order valence-corrected chi connectivity index (χ4v) is 3.94. The van der Waals surface area contributed by atoms with Crippen molar-refractivity contribution in [3.8, 4) is 0 Å². The summed E-state index contributed by atoms with van der Waals surface area (Å²) in [6.45, 7) is 12.7. The van der Waals surface area contributed by atoms with Gasteiger partial charge in [0.25, 0.3) is 0 Å². The molecule has 0 aliphatic rings. The van der Waals surface area contributed by atoms with Crippen molar-refractivity contribution in [2.75, 3.05) is 31.5 Å². The molecule has 148 valence electrons. The van der Waals surface area contributed by atoms with Crippen LogP contribution in [0.4, 0.5) is 0 Å². The van der Waals surface area contributed by atoms with Gasteiger partial charge in [-0.2, -0.15) is 0 Å². The highest BCUT2D eigenvalue weighted by Crippen LogP contribution is 2.18. The number of alkyl halides is 1. The van der Waals surface area contributed by atoms with Gasteiger partial charge in [0.05, 0.1) is 26.2 Å². The van der Waals surface area contributed by atoms with Crippen molar-refractivity contribution in [2.45, 2.75) is 104 Å². The maximum absolute atomic E-state index is 3.67. The molecule has 0 aromatic rings. The SMILES string of the molecule is CCCCCC[N+](CCCBr)(CCCCCC)CCCCCC.[Cl-]. The van der Waals surface area contributed by atoms with Crippen molar-refractivity contribution in [1.29, 1.82) is 0 Å². The van der Waals surface area contributed by atoms with Gasteiger partial charge in [-0.3, -0.25) is 0 Å². The Morgan fingerprint density at radius 2 is 0.833 bits per heavy atom. The molecule has 0 N–H and O–H groups in total. The van der Waals surface area contributed by atoms with Crippen molar-refractivity contribution in [3.05, 3.63) is 0 Å². The Hall–Kier alpha value is 0.730. The zero-order valence-electron chi connectivity index (χ0n) is 16.9. The van der Waals surface area contributed by atoms with Crippen LogP contribution >= 0.6 is 15.9 Å². The summed E-state index contributed by atoms with van der Waals surface area (Å²) in [7, 11) is 0. The van der Waals surface area contributed by atoms with Gasteiger partial charge in [0.15, 0.2) is 0 Å². The molecule has 0 spiro atoms. The van der Waals surface area contributed by atoms with Crippen LogP contribution in [0, 0.1) is 0 Å². The lowest BCUT2D eigenvalue weighted by atomic mass is 10.1. The number of halogens is 2. The van der Waals surface area contributed by atoms with Crippen molar-refractivity contribution >= 4 is 15.9 Å². The molecule has 0 aromatic heterocycles. The van der Waals surface area contributed by atoms with Crippen LogP contribution in [-0.2, 0) is 0 Å². The van der Waals surface area contributed by atoms with E-state index in [1.54, 1.807) is 0 Å². The first-order chi connectivity index (χ1) is 11.2. The second kappa shape index (κ2) is 20.0. The van der Waals surface area contributed by atoms with Crippen LogP contribution in [0.2, 0.25) is 0 Å². The van der Waals surface area contributed by atoms with E-state index in [1.807, 2.05) is 0 Å². The van der Waals surface area contributed by atoms with E-state index >= 15 is 0 Å². The van der Waals surface area contributed by atoms with E-state index < -0.39 is 0 Å². The molecule has 0 bridgehead atoms. The molecule has 0 amide bonds. The van der Waals surface area contributed by atoms with E-state index in [-0.39, 0.29) is 12.4 Å². The third kappa shape index (κ3) is 15.0. The predicted molar refractivity (Wildman–Crippen MR) is 111 cm³/mol. The first kappa shape index (κ1) is 27.0. The van der Waals surface area contributed by atoms with Crippen LogP contribution in [0.5, 0.6) is 0 Å². The first-order valence-corrected chi connectivity index (χ1v) is 11.8. The molecule has 3 heteroatoms. The molecule has 0 unspecified atom stereocenters. The number of hydrogen-bond acceptors (Lipinski definition) is 0. The van der Waals surface area contributed by atoms with Crippen LogP contribution in [-0.4, -0.2) is 36.0 Å². The fraction of sp³-hybridized carbons (Fsp3) is 1.00. The maximum Gasteiger partial charge on any atom is 0.0794 e. The second-order valence-corrected chi connectivity index (χ2v) is 8.25. The number of unbranched alkanes of at least 4 members (excludes halogenated alkanes) is 9. The molecular formula is C21H45BrClN.